The van der Waals surface area contributed by atoms with Crippen molar-refractivity contribution in [3.63, 3.8) is 0 Å². The Morgan fingerprint density at radius 3 is 2.62 bits per heavy atom. The molecule has 1 heterocycles. The van der Waals surface area contributed by atoms with Crippen molar-refractivity contribution in [3.8, 4) is 0 Å². The highest BCUT2D eigenvalue weighted by molar-refractivity contribution is 7.89. The van der Waals surface area contributed by atoms with Crippen molar-refractivity contribution in [2.45, 2.75) is 44.0 Å². The van der Waals surface area contributed by atoms with Crippen molar-refractivity contribution in [2.24, 2.45) is 0 Å². The van der Waals surface area contributed by atoms with Gasteiger partial charge in [-0.2, -0.15) is 4.72 Å². The van der Waals surface area contributed by atoms with E-state index < -0.39 is 45.9 Å². The Labute approximate surface area is 200 Å². The largest absolute Gasteiger partial charge is 0.469 e. The quantitative estimate of drug-likeness (QED) is 0.443. The van der Waals surface area contributed by atoms with Crippen molar-refractivity contribution in [1.82, 2.24) is 14.9 Å². The van der Waals surface area contributed by atoms with E-state index >= 15 is 0 Å². The van der Waals surface area contributed by atoms with Gasteiger partial charge in [-0.25, -0.2) is 22.7 Å². The fraction of sp³-hybridized carbons (Fsp3) is 0.318. The van der Waals surface area contributed by atoms with Crippen molar-refractivity contribution in [2.75, 3.05) is 7.11 Å². The van der Waals surface area contributed by atoms with Crippen molar-refractivity contribution in [1.29, 1.82) is 0 Å². The summed E-state index contributed by atoms with van der Waals surface area (Å²) in [5, 5.41) is 5.91. The fourth-order valence-corrected chi connectivity index (χ4v) is 5.51. The lowest BCUT2D eigenvalue weighted by molar-refractivity contribution is -0.139. The third-order valence-corrected chi connectivity index (χ3v) is 7.48. The Kier molecular flexibility index (Phi) is 7.59. The molecule has 1 unspecified atom stereocenters. The number of benzene rings is 2. The summed E-state index contributed by atoms with van der Waals surface area (Å²) in [6.07, 6.45) is -0.393. The van der Waals surface area contributed by atoms with Crippen LogP contribution in [-0.4, -0.2) is 31.7 Å². The average Bonchev–Trinajstić information content (AvgIpc) is 3.22. The number of aromatic nitrogens is 2. The Balaban J connectivity index is 2.12. The van der Waals surface area contributed by atoms with E-state index in [0.29, 0.717) is 5.56 Å². The number of aryl methyl sites for hydroxylation is 1. The molecule has 182 valence electrons. The molecule has 0 aliphatic heterocycles. The second kappa shape index (κ2) is 10.1. The van der Waals surface area contributed by atoms with Crippen LogP contribution in [0.3, 0.4) is 0 Å². The highest BCUT2D eigenvalue weighted by Gasteiger charge is 2.34. The van der Waals surface area contributed by atoms with E-state index in [1.807, 2.05) is 0 Å². The highest BCUT2D eigenvalue weighted by Crippen LogP contribution is 2.36. The standard InChI is InChI=1S/C22H23ClFN3O6S/c1-11-8-9-16(24)19(12(11)2)13(3)20(21-25-26-22(29)33-21)27-34(30,31)17-7-5-6-15(23)14(17)10-18(28)32-4/h5-9,13,20,27H,10H2,1-4H3,(H,26,29)/t13?,20-/m0/s1. The highest BCUT2D eigenvalue weighted by atomic mass is 35.5. The van der Waals surface area contributed by atoms with Crippen LogP contribution in [0.4, 0.5) is 4.39 Å². The predicted octanol–water partition coefficient (Wildman–Crippen LogP) is 3.31. The van der Waals surface area contributed by atoms with Gasteiger partial charge >= 0.3 is 11.7 Å². The molecule has 0 radical (unpaired) electrons. The van der Waals surface area contributed by atoms with Crippen LogP contribution < -0.4 is 10.5 Å². The van der Waals surface area contributed by atoms with Crippen LogP contribution in [0.5, 0.6) is 0 Å². The molecule has 2 atom stereocenters. The van der Waals surface area contributed by atoms with Gasteiger partial charge in [0, 0.05) is 16.5 Å². The minimum atomic E-state index is -4.37. The Bertz CT molecular complexity index is 1390. The number of sulfonamides is 1. The molecule has 9 nitrogen and oxygen atoms in total. The third-order valence-electron chi connectivity index (χ3n) is 5.60. The molecule has 0 aliphatic rings. The van der Waals surface area contributed by atoms with Crippen LogP contribution in [0.15, 0.2) is 44.4 Å². The maximum Gasteiger partial charge on any atom is 0.434 e. The average molecular weight is 512 g/mol. The smallest absolute Gasteiger partial charge is 0.434 e. The van der Waals surface area contributed by atoms with Gasteiger partial charge in [-0.15, -0.1) is 5.10 Å². The number of nitrogens with one attached hydrogen (secondary N) is 2. The topological polar surface area (TPSA) is 131 Å². The molecule has 0 aliphatic carbocycles. The molecule has 2 N–H and O–H groups in total. The van der Waals surface area contributed by atoms with E-state index in [0.717, 1.165) is 5.56 Å². The van der Waals surface area contributed by atoms with Gasteiger partial charge in [-0.05, 0) is 48.7 Å². The Hall–Kier alpha value is -3.02. The maximum atomic E-state index is 14.9. The first-order valence-corrected chi connectivity index (χ1v) is 12.0. The molecule has 12 heteroatoms. The predicted molar refractivity (Wildman–Crippen MR) is 122 cm³/mol. The molecule has 2 aromatic carbocycles. The van der Waals surface area contributed by atoms with Crippen molar-refractivity contribution < 1.29 is 26.8 Å². The minimum Gasteiger partial charge on any atom is -0.469 e. The van der Waals surface area contributed by atoms with E-state index in [9.17, 15) is 22.4 Å². The number of esters is 1. The number of carbonyl (C=O) groups excluding carboxylic acids is 1. The molecule has 1 aromatic heterocycles. The zero-order valence-electron chi connectivity index (χ0n) is 18.8. The van der Waals surface area contributed by atoms with Crippen LogP contribution in [0.25, 0.3) is 0 Å². The molecular weight excluding hydrogens is 489 g/mol. The summed E-state index contributed by atoms with van der Waals surface area (Å²) in [6, 6.07) is 5.75. The van der Waals surface area contributed by atoms with Gasteiger partial charge in [0.05, 0.1) is 18.4 Å². The van der Waals surface area contributed by atoms with Crippen LogP contribution in [-0.2, 0) is 26.0 Å². The number of aromatic amines is 1. The normalized spacial score (nSPS) is 13.5. The second-order valence-electron chi connectivity index (χ2n) is 7.71. The third kappa shape index (κ3) is 5.21. The first-order chi connectivity index (χ1) is 16.0. The van der Waals surface area contributed by atoms with Gasteiger partial charge in [0.1, 0.15) is 11.9 Å². The van der Waals surface area contributed by atoms with E-state index in [2.05, 4.69) is 19.7 Å². The summed E-state index contributed by atoms with van der Waals surface area (Å²) in [5.74, 6) is -3.26. The van der Waals surface area contributed by atoms with Gasteiger partial charge in [0.15, 0.2) is 0 Å². The van der Waals surface area contributed by atoms with Gasteiger partial charge in [-0.3, -0.25) is 4.79 Å². The Morgan fingerprint density at radius 1 is 1.29 bits per heavy atom. The zero-order chi connectivity index (χ0) is 25.2. The zero-order valence-corrected chi connectivity index (χ0v) is 20.4. The second-order valence-corrected chi connectivity index (χ2v) is 9.80. The molecule has 0 fully saturated rings. The first kappa shape index (κ1) is 25.6. The van der Waals surface area contributed by atoms with E-state index in [4.69, 9.17) is 16.0 Å². The molecule has 0 amide bonds. The maximum absolute atomic E-state index is 14.9. The lowest BCUT2D eigenvalue weighted by atomic mass is 9.88. The van der Waals surface area contributed by atoms with Gasteiger partial charge in [-0.1, -0.05) is 30.7 Å². The summed E-state index contributed by atoms with van der Waals surface area (Å²) in [5.41, 5.74) is 1.67. The monoisotopic (exact) mass is 511 g/mol. The van der Waals surface area contributed by atoms with Crippen LogP contribution >= 0.6 is 11.6 Å². The van der Waals surface area contributed by atoms with Crippen LogP contribution in [0.1, 0.15) is 47.0 Å². The molecular formula is C22H23ClFN3O6S. The number of halogens is 2. The number of ether oxygens (including phenoxy) is 1. The number of H-pyrrole nitrogens is 1. The number of carbonyl (C=O) groups is 1. The SMILES string of the molecule is COC(=O)Cc1c(Cl)cccc1S(=O)(=O)N[C@H](c1n[nH]c(=O)o1)C(C)c1c(F)ccc(C)c1C. The van der Waals surface area contributed by atoms with Gasteiger partial charge in [0.2, 0.25) is 15.9 Å². The number of hydrogen-bond acceptors (Lipinski definition) is 7. The van der Waals surface area contributed by atoms with Gasteiger partial charge < -0.3 is 9.15 Å². The number of nitrogens with zero attached hydrogens (tertiary/aromatic N) is 1. The summed E-state index contributed by atoms with van der Waals surface area (Å²) in [7, 11) is -3.21. The summed E-state index contributed by atoms with van der Waals surface area (Å²) in [6.45, 7) is 5.09. The lowest BCUT2D eigenvalue weighted by Gasteiger charge is -2.25. The molecule has 34 heavy (non-hydrogen) atoms. The molecule has 0 saturated heterocycles. The number of methoxy groups -OCH3 is 1. The lowest BCUT2D eigenvalue weighted by Crippen LogP contribution is -2.33. The molecule has 0 bridgehead atoms. The number of rotatable bonds is 8. The van der Waals surface area contributed by atoms with Gasteiger partial charge in [0.25, 0.3) is 0 Å². The van der Waals surface area contributed by atoms with E-state index in [1.165, 1.54) is 31.4 Å². The van der Waals surface area contributed by atoms with Crippen LogP contribution in [0.2, 0.25) is 5.02 Å². The first-order valence-electron chi connectivity index (χ1n) is 10.1. The molecule has 0 spiro atoms. The summed E-state index contributed by atoms with van der Waals surface area (Å²) < 4.78 is 53.9. The summed E-state index contributed by atoms with van der Waals surface area (Å²) in [4.78, 5) is 23.2. The minimum absolute atomic E-state index is 0.0244. The van der Waals surface area contributed by atoms with E-state index in [-0.39, 0.29) is 26.9 Å². The van der Waals surface area contributed by atoms with Crippen molar-refractivity contribution in [3.05, 3.63) is 79.9 Å². The van der Waals surface area contributed by atoms with Crippen LogP contribution in [0, 0.1) is 19.7 Å². The molecule has 0 saturated carbocycles. The molecule has 3 aromatic rings. The van der Waals surface area contributed by atoms with E-state index in [1.54, 1.807) is 26.8 Å². The fourth-order valence-electron chi connectivity index (χ4n) is 3.68. The molecule has 3 rings (SSSR count). The summed E-state index contributed by atoms with van der Waals surface area (Å²) >= 11 is 6.18. The van der Waals surface area contributed by atoms with Crippen molar-refractivity contribution >= 4 is 27.6 Å². The Morgan fingerprint density at radius 2 is 2.00 bits per heavy atom. The number of hydrogen-bond donors (Lipinski definition) is 2.